The Morgan fingerprint density at radius 1 is 1.55 bits per heavy atom. The fraction of sp³-hybridized carbons (Fsp3) is 0.688. The van der Waals surface area contributed by atoms with Crippen LogP contribution in [-0.4, -0.2) is 41.8 Å². The molecule has 2 fully saturated rings. The summed E-state index contributed by atoms with van der Waals surface area (Å²) in [6.07, 6.45) is 6.52. The Bertz CT molecular complexity index is 420. The maximum atomic E-state index is 6.14. The summed E-state index contributed by atoms with van der Waals surface area (Å²) < 4.78 is 6.14. The third kappa shape index (κ3) is 3.18. The zero-order valence-corrected chi connectivity index (χ0v) is 13.0. The lowest BCUT2D eigenvalue weighted by atomic mass is 9.80. The molecular formula is C16H24N2OS. The number of nitrogens with one attached hydrogen (secondary N) is 1. The van der Waals surface area contributed by atoms with Gasteiger partial charge >= 0.3 is 0 Å². The maximum absolute atomic E-state index is 6.14. The first kappa shape index (κ1) is 14.4. The van der Waals surface area contributed by atoms with Gasteiger partial charge in [-0.3, -0.25) is 4.98 Å². The molecule has 1 aromatic rings. The molecular weight excluding hydrogens is 268 g/mol. The van der Waals surface area contributed by atoms with Crippen LogP contribution in [0, 0.1) is 5.92 Å². The highest BCUT2D eigenvalue weighted by atomic mass is 32.2. The van der Waals surface area contributed by atoms with E-state index < -0.39 is 0 Å². The van der Waals surface area contributed by atoms with Crippen LogP contribution < -0.4 is 5.32 Å². The van der Waals surface area contributed by atoms with Crippen LogP contribution in [0.15, 0.2) is 24.4 Å². The summed E-state index contributed by atoms with van der Waals surface area (Å²) in [4.78, 5) is 4.47. The monoisotopic (exact) mass is 292 g/mol. The van der Waals surface area contributed by atoms with Crippen LogP contribution in [0.2, 0.25) is 0 Å². The standard InChI is InChI=1S/C16H24N2OS/c1-17-15(10-14-4-2-3-7-18-14)13-5-8-19-16(11-13)6-9-20-12-16/h2-4,7,13,15,17H,5-6,8-12H2,1H3. The topological polar surface area (TPSA) is 34.2 Å². The SMILES string of the molecule is CNC(Cc1ccccn1)C1CCOC2(CCSC2)C1. The summed E-state index contributed by atoms with van der Waals surface area (Å²) in [6.45, 7) is 0.922. The van der Waals surface area contributed by atoms with Crippen LogP contribution in [-0.2, 0) is 11.2 Å². The van der Waals surface area contributed by atoms with E-state index in [1.807, 2.05) is 24.0 Å². The fourth-order valence-electron chi connectivity index (χ4n) is 3.52. The fourth-order valence-corrected chi connectivity index (χ4v) is 4.90. The van der Waals surface area contributed by atoms with Crippen LogP contribution >= 0.6 is 11.8 Å². The van der Waals surface area contributed by atoms with Crippen LogP contribution in [0.4, 0.5) is 0 Å². The molecule has 3 nitrogen and oxygen atoms in total. The second-order valence-corrected chi connectivity index (χ2v) is 7.11. The van der Waals surface area contributed by atoms with Crippen LogP contribution in [0.5, 0.6) is 0 Å². The lowest BCUT2D eigenvalue weighted by Crippen LogP contribution is -2.47. The molecule has 3 unspecified atom stereocenters. The Hall–Kier alpha value is -0.580. The molecule has 0 bridgehead atoms. The molecule has 0 saturated carbocycles. The van der Waals surface area contributed by atoms with Gasteiger partial charge in [-0.15, -0.1) is 0 Å². The lowest BCUT2D eigenvalue weighted by molar-refractivity contribution is -0.0847. The summed E-state index contributed by atoms with van der Waals surface area (Å²) in [5.41, 5.74) is 1.36. The molecule has 0 radical (unpaired) electrons. The zero-order valence-electron chi connectivity index (χ0n) is 12.2. The molecule has 0 amide bonds. The molecule has 1 N–H and O–H groups in total. The Labute approximate surface area is 125 Å². The largest absolute Gasteiger partial charge is 0.374 e. The van der Waals surface area contributed by atoms with Crippen molar-refractivity contribution in [2.45, 2.75) is 37.3 Å². The number of pyridine rings is 1. The van der Waals surface area contributed by atoms with Crippen LogP contribution in [0.3, 0.4) is 0 Å². The van der Waals surface area contributed by atoms with Crippen molar-refractivity contribution in [2.24, 2.45) is 5.92 Å². The summed E-state index contributed by atoms with van der Waals surface area (Å²) in [5, 5.41) is 3.52. The Kier molecular flexibility index (Phi) is 4.64. The maximum Gasteiger partial charge on any atom is 0.0783 e. The number of nitrogens with zero attached hydrogens (tertiary/aromatic N) is 1. The average Bonchev–Trinajstić information content (AvgIpc) is 2.93. The third-order valence-corrected chi connectivity index (χ3v) is 5.92. The highest BCUT2D eigenvalue weighted by molar-refractivity contribution is 7.99. The molecule has 1 aromatic heterocycles. The lowest BCUT2D eigenvalue weighted by Gasteiger charge is -2.41. The van der Waals surface area contributed by atoms with Crippen molar-refractivity contribution in [2.75, 3.05) is 25.2 Å². The van der Waals surface area contributed by atoms with E-state index in [0.29, 0.717) is 12.0 Å². The van der Waals surface area contributed by atoms with Gasteiger partial charge in [-0.2, -0.15) is 11.8 Å². The number of rotatable bonds is 4. The summed E-state index contributed by atoms with van der Waals surface area (Å²) in [5.74, 6) is 3.15. The minimum atomic E-state index is 0.173. The van der Waals surface area contributed by atoms with Gasteiger partial charge in [-0.25, -0.2) is 0 Å². The van der Waals surface area contributed by atoms with Crippen molar-refractivity contribution in [3.8, 4) is 0 Å². The van der Waals surface area contributed by atoms with Gasteiger partial charge < -0.3 is 10.1 Å². The van der Waals surface area contributed by atoms with Crippen LogP contribution in [0.25, 0.3) is 0 Å². The van der Waals surface area contributed by atoms with Crippen molar-refractivity contribution in [3.05, 3.63) is 30.1 Å². The minimum absolute atomic E-state index is 0.173. The Balaban J connectivity index is 1.66. The molecule has 2 aliphatic heterocycles. The third-order valence-electron chi connectivity index (χ3n) is 4.69. The Morgan fingerprint density at radius 3 is 3.20 bits per heavy atom. The van der Waals surface area contributed by atoms with Crippen molar-refractivity contribution >= 4 is 11.8 Å². The minimum Gasteiger partial charge on any atom is -0.374 e. The molecule has 0 aromatic carbocycles. The number of hydrogen-bond acceptors (Lipinski definition) is 4. The zero-order chi connectivity index (χ0) is 13.8. The van der Waals surface area contributed by atoms with Crippen molar-refractivity contribution in [3.63, 3.8) is 0 Å². The number of likely N-dealkylation sites (N-methyl/N-ethyl adjacent to an activating group) is 1. The highest BCUT2D eigenvalue weighted by Crippen LogP contribution is 2.41. The molecule has 2 saturated heterocycles. The first-order chi connectivity index (χ1) is 9.81. The second kappa shape index (κ2) is 6.46. The van der Waals surface area contributed by atoms with E-state index in [9.17, 15) is 0 Å². The van der Waals surface area contributed by atoms with Crippen molar-refractivity contribution < 1.29 is 4.74 Å². The van der Waals surface area contributed by atoms with Crippen molar-refractivity contribution in [1.29, 1.82) is 0 Å². The van der Waals surface area contributed by atoms with Crippen LogP contribution in [0.1, 0.15) is 25.0 Å². The first-order valence-corrected chi connectivity index (χ1v) is 8.76. The van der Waals surface area contributed by atoms with E-state index in [-0.39, 0.29) is 5.60 Å². The number of aromatic nitrogens is 1. The van der Waals surface area contributed by atoms with E-state index in [4.69, 9.17) is 4.74 Å². The van der Waals surface area contributed by atoms with Gasteiger partial charge in [0, 0.05) is 36.7 Å². The van der Waals surface area contributed by atoms with Gasteiger partial charge in [0.2, 0.25) is 0 Å². The molecule has 3 atom stereocenters. The van der Waals surface area contributed by atoms with E-state index in [2.05, 4.69) is 29.5 Å². The molecule has 0 aliphatic carbocycles. The number of thioether (sulfide) groups is 1. The Morgan fingerprint density at radius 2 is 2.50 bits per heavy atom. The molecule has 4 heteroatoms. The van der Waals surface area contributed by atoms with E-state index in [1.165, 1.54) is 36.5 Å². The molecule has 3 rings (SSSR count). The van der Waals surface area contributed by atoms with E-state index in [1.54, 1.807) is 0 Å². The molecule has 1 spiro atoms. The van der Waals surface area contributed by atoms with Crippen molar-refractivity contribution in [1.82, 2.24) is 10.3 Å². The number of ether oxygens (including phenoxy) is 1. The number of hydrogen-bond donors (Lipinski definition) is 1. The normalized spacial score (nSPS) is 31.6. The molecule has 2 aliphatic rings. The molecule has 3 heterocycles. The van der Waals surface area contributed by atoms with Gasteiger partial charge in [0.1, 0.15) is 0 Å². The van der Waals surface area contributed by atoms with Gasteiger partial charge in [-0.1, -0.05) is 6.07 Å². The predicted molar refractivity (Wildman–Crippen MR) is 84.1 cm³/mol. The highest BCUT2D eigenvalue weighted by Gasteiger charge is 2.42. The molecule has 20 heavy (non-hydrogen) atoms. The summed E-state index contributed by atoms with van der Waals surface area (Å²) >= 11 is 2.05. The van der Waals surface area contributed by atoms with Gasteiger partial charge in [0.25, 0.3) is 0 Å². The average molecular weight is 292 g/mol. The van der Waals surface area contributed by atoms with Gasteiger partial charge in [-0.05, 0) is 50.1 Å². The van der Waals surface area contributed by atoms with E-state index in [0.717, 1.165) is 13.0 Å². The quantitative estimate of drug-likeness (QED) is 0.924. The smallest absolute Gasteiger partial charge is 0.0783 e. The first-order valence-electron chi connectivity index (χ1n) is 7.60. The molecule has 110 valence electrons. The van der Waals surface area contributed by atoms with E-state index >= 15 is 0 Å². The van der Waals surface area contributed by atoms with Gasteiger partial charge in [0.05, 0.1) is 5.60 Å². The summed E-state index contributed by atoms with van der Waals surface area (Å²) in [7, 11) is 2.08. The predicted octanol–water partition coefficient (Wildman–Crippen LogP) is 2.51. The summed E-state index contributed by atoms with van der Waals surface area (Å²) in [6, 6.07) is 6.70. The van der Waals surface area contributed by atoms with Gasteiger partial charge in [0.15, 0.2) is 0 Å². The second-order valence-electron chi connectivity index (χ2n) is 6.01.